The van der Waals surface area contributed by atoms with Crippen molar-refractivity contribution in [3.63, 3.8) is 0 Å². The molecule has 0 aromatic carbocycles. The van der Waals surface area contributed by atoms with Gasteiger partial charge in [-0.1, -0.05) is 6.92 Å². The molecule has 0 bridgehead atoms. The van der Waals surface area contributed by atoms with Gasteiger partial charge in [0.1, 0.15) is 12.2 Å². The molecule has 1 fully saturated rings. The van der Waals surface area contributed by atoms with Gasteiger partial charge in [-0.2, -0.15) is 5.10 Å². The molecule has 1 heterocycles. The smallest absolute Gasteiger partial charge is 0.140 e. The number of nitrogens with zero attached hydrogens (tertiary/aromatic N) is 3. The van der Waals surface area contributed by atoms with Gasteiger partial charge in [0.2, 0.25) is 0 Å². The summed E-state index contributed by atoms with van der Waals surface area (Å²) in [5, 5.41) is 7.75. The third-order valence-corrected chi connectivity index (χ3v) is 3.71. The van der Waals surface area contributed by atoms with Crippen molar-refractivity contribution in [3.8, 4) is 0 Å². The maximum Gasteiger partial charge on any atom is 0.140 e. The molecular formula is C13H24N4O. The fourth-order valence-electron chi connectivity index (χ4n) is 2.27. The van der Waals surface area contributed by atoms with E-state index in [2.05, 4.69) is 22.3 Å². The van der Waals surface area contributed by atoms with Gasteiger partial charge in [-0.05, 0) is 31.1 Å². The number of rotatable bonds is 9. The highest BCUT2D eigenvalue weighted by atomic mass is 16.5. The Hall–Kier alpha value is -0.940. The van der Waals surface area contributed by atoms with Gasteiger partial charge in [0.25, 0.3) is 0 Å². The second-order valence-corrected chi connectivity index (χ2v) is 5.25. The van der Waals surface area contributed by atoms with Crippen LogP contribution in [0.25, 0.3) is 0 Å². The summed E-state index contributed by atoms with van der Waals surface area (Å²) in [4.78, 5) is 4.30. The Morgan fingerprint density at radius 3 is 3.00 bits per heavy atom. The van der Waals surface area contributed by atoms with E-state index in [0.29, 0.717) is 5.41 Å². The summed E-state index contributed by atoms with van der Waals surface area (Å²) in [7, 11) is 1.77. The Balaban J connectivity index is 1.73. The maximum absolute atomic E-state index is 5.17. The van der Waals surface area contributed by atoms with Crippen LogP contribution in [0.4, 0.5) is 0 Å². The molecule has 0 saturated heterocycles. The van der Waals surface area contributed by atoms with E-state index in [9.17, 15) is 0 Å². The van der Waals surface area contributed by atoms with Crippen LogP contribution in [0.15, 0.2) is 6.33 Å². The minimum absolute atomic E-state index is 0.492. The van der Waals surface area contributed by atoms with Gasteiger partial charge in [0, 0.05) is 26.8 Å². The lowest BCUT2D eigenvalue weighted by Gasteiger charge is -2.15. The zero-order chi connectivity index (χ0) is 12.8. The van der Waals surface area contributed by atoms with Crippen molar-refractivity contribution in [2.45, 2.75) is 45.7 Å². The van der Waals surface area contributed by atoms with Crippen LogP contribution in [0.3, 0.4) is 0 Å². The van der Waals surface area contributed by atoms with Crippen molar-refractivity contribution in [1.82, 2.24) is 20.1 Å². The molecule has 0 spiro atoms. The number of aromatic nitrogens is 3. The molecule has 1 aliphatic rings. The summed E-state index contributed by atoms with van der Waals surface area (Å²) in [6.45, 7) is 5.85. The lowest BCUT2D eigenvalue weighted by Crippen LogP contribution is -2.26. The van der Waals surface area contributed by atoms with Crippen molar-refractivity contribution in [3.05, 3.63) is 12.2 Å². The third-order valence-electron chi connectivity index (χ3n) is 3.71. The van der Waals surface area contributed by atoms with Gasteiger partial charge < -0.3 is 10.1 Å². The topological polar surface area (TPSA) is 52.0 Å². The fraction of sp³-hybridized carbons (Fsp3) is 0.846. The van der Waals surface area contributed by atoms with Crippen molar-refractivity contribution in [2.24, 2.45) is 5.41 Å². The summed E-state index contributed by atoms with van der Waals surface area (Å²) in [6.07, 6.45) is 6.55. The number of nitrogens with one attached hydrogen (secondary N) is 1. The Morgan fingerprint density at radius 2 is 2.33 bits per heavy atom. The standard InChI is InChI=1S/C13H24N4O/c1-3-7-17-12(15-11-16-17)9-14-10-13(4-5-13)6-8-18-2/h11,14H,3-10H2,1-2H3. The first-order chi connectivity index (χ1) is 8.79. The molecule has 1 aliphatic carbocycles. The van der Waals surface area contributed by atoms with Crippen LogP contribution in [-0.4, -0.2) is 35.0 Å². The van der Waals surface area contributed by atoms with Crippen molar-refractivity contribution in [1.29, 1.82) is 0 Å². The molecular weight excluding hydrogens is 228 g/mol. The number of hydrogen-bond donors (Lipinski definition) is 1. The summed E-state index contributed by atoms with van der Waals surface area (Å²) >= 11 is 0. The van der Waals surface area contributed by atoms with Crippen LogP contribution >= 0.6 is 0 Å². The first kappa shape index (κ1) is 13.5. The van der Waals surface area contributed by atoms with Crippen LogP contribution in [-0.2, 0) is 17.8 Å². The quantitative estimate of drug-likeness (QED) is 0.725. The maximum atomic E-state index is 5.17. The predicted molar refractivity (Wildman–Crippen MR) is 70.2 cm³/mol. The molecule has 102 valence electrons. The monoisotopic (exact) mass is 252 g/mol. The largest absolute Gasteiger partial charge is 0.385 e. The predicted octanol–water partition coefficient (Wildman–Crippen LogP) is 1.59. The van der Waals surface area contributed by atoms with Gasteiger partial charge in [-0.25, -0.2) is 9.67 Å². The van der Waals surface area contributed by atoms with E-state index in [1.807, 2.05) is 4.68 Å². The summed E-state index contributed by atoms with van der Waals surface area (Å²) in [5.41, 5.74) is 0.492. The van der Waals surface area contributed by atoms with Gasteiger partial charge in [-0.3, -0.25) is 0 Å². The lowest BCUT2D eigenvalue weighted by molar-refractivity contribution is 0.171. The van der Waals surface area contributed by atoms with E-state index in [4.69, 9.17) is 4.74 Å². The van der Waals surface area contributed by atoms with Gasteiger partial charge in [0.05, 0.1) is 6.54 Å². The molecule has 5 heteroatoms. The van der Waals surface area contributed by atoms with Crippen LogP contribution in [0.1, 0.15) is 38.4 Å². The highest BCUT2D eigenvalue weighted by Gasteiger charge is 2.41. The highest BCUT2D eigenvalue weighted by Crippen LogP contribution is 2.48. The first-order valence-corrected chi connectivity index (χ1v) is 6.86. The van der Waals surface area contributed by atoms with E-state index in [1.165, 1.54) is 12.8 Å². The zero-order valence-corrected chi connectivity index (χ0v) is 11.5. The lowest BCUT2D eigenvalue weighted by atomic mass is 10.0. The summed E-state index contributed by atoms with van der Waals surface area (Å²) in [5.74, 6) is 1.04. The average molecular weight is 252 g/mol. The molecule has 1 aromatic rings. The van der Waals surface area contributed by atoms with E-state index >= 15 is 0 Å². The first-order valence-electron chi connectivity index (χ1n) is 6.86. The van der Waals surface area contributed by atoms with Crippen LogP contribution in [0.5, 0.6) is 0 Å². The van der Waals surface area contributed by atoms with Crippen molar-refractivity contribution < 1.29 is 4.74 Å². The Bertz CT molecular complexity index is 360. The van der Waals surface area contributed by atoms with Crippen LogP contribution < -0.4 is 5.32 Å². The van der Waals surface area contributed by atoms with Gasteiger partial charge >= 0.3 is 0 Å². The van der Waals surface area contributed by atoms with E-state index in [1.54, 1.807) is 13.4 Å². The second-order valence-electron chi connectivity index (χ2n) is 5.25. The molecule has 18 heavy (non-hydrogen) atoms. The number of hydrogen-bond acceptors (Lipinski definition) is 4. The summed E-state index contributed by atoms with van der Waals surface area (Å²) in [6, 6.07) is 0. The average Bonchev–Trinajstić information content (AvgIpc) is 3.01. The molecule has 0 radical (unpaired) electrons. The third kappa shape index (κ3) is 3.53. The molecule has 0 amide bonds. The Kier molecular flexibility index (Phi) is 4.72. The molecule has 0 aliphatic heterocycles. The molecule has 1 saturated carbocycles. The molecule has 1 aromatic heterocycles. The van der Waals surface area contributed by atoms with Gasteiger partial charge in [0.15, 0.2) is 0 Å². The van der Waals surface area contributed by atoms with Crippen molar-refractivity contribution >= 4 is 0 Å². The molecule has 0 atom stereocenters. The Labute approximate surface area is 109 Å². The minimum atomic E-state index is 0.492. The van der Waals surface area contributed by atoms with E-state index in [-0.39, 0.29) is 0 Å². The normalized spacial score (nSPS) is 17.0. The van der Waals surface area contributed by atoms with Crippen molar-refractivity contribution in [2.75, 3.05) is 20.3 Å². The number of methoxy groups -OCH3 is 1. The van der Waals surface area contributed by atoms with Gasteiger partial charge in [-0.15, -0.1) is 0 Å². The molecule has 5 nitrogen and oxygen atoms in total. The zero-order valence-electron chi connectivity index (χ0n) is 11.5. The molecule has 2 rings (SSSR count). The fourth-order valence-corrected chi connectivity index (χ4v) is 2.27. The number of aryl methyl sites for hydroxylation is 1. The van der Waals surface area contributed by atoms with E-state index < -0.39 is 0 Å². The SMILES string of the molecule is CCCn1ncnc1CNCC1(CCOC)CC1. The highest BCUT2D eigenvalue weighted by molar-refractivity contribution is 4.95. The molecule has 1 N–H and O–H groups in total. The second kappa shape index (κ2) is 6.29. The summed E-state index contributed by atoms with van der Waals surface area (Å²) < 4.78 is 7.15. The Morgan fingerprint density at radius 1 is 1.50 bits per heavy atom. The van der Waals surface area contributed by atoms with Crippen LogP contribution in [0, 0.1) is 5.41 Å². The van der Waals surface area contributed by atoms with E-state index in [0.717, 1.165) is 44.9 Å². The van der Waals surface area contributed by atoms with Crippen LogP contribution in [0.2, 0.25) is 0 Å². The molecule has 0 unspecified atom stereocenters. The number of ether oxygens (including phenoxy) is 1. The minimum Gasteiger partial charge on any atom is -0.385 e.